The fourth-order valence-electron chi connectivity index (χ4n) is 1.03. The number of hydrogen-bond donors (Lipinski definition) is 2. The molecule has 0 radical (unpaired) electrons. The molecule has 1 aromatic rings. The van der Waals surface area contributed by atoms with Gasteiger partial charge in [-0.1, -0.05) is 0 Å². The van der Waals surface area contributed by atoms with Crippen LogP contribution < -0.4 is 11.1 Å². The van der Waals surface area contributed by atoms with Crippen molar-refractivity contribution in [3.05, 3.63) is 23.9 Å². The summed E-state index contributed by atoms with van der Waals surface area (Å²) in [6.07, 6.45) is 2.77. The lowest BCUT2D eigenvalue weighted by Crippen LogP contribution is -2.11. The van der Waals surface area contributed by atoms with Gasteiger partial charge in [0.05, 0.1) is 0 Å². The number of primary amides is 1. The minimum Gasteiger partial charge on any atom is -0.373 e. The monoisotopic (exact) mass is 179 g/mol. The van der Waals surface area contributed by atoms with E-state index in [2.05, 4.69) is 10.3 Å². The molecule has 1 amide bonds. The van der Waals surface area contributed by atoms with Gasteiger partial charge in [0.1, 0.15) is 5.82 Å². The number of rotatable bonds is 4. The zero-order valence-electron chi connectivity index (χ0n) is 7.58. The first kappa shape index (κ1) is 9.51. The van der Waals surface area contributed by atoms with Gasteiger partial charge >= 0.3 is 0 Å². The van der Waals surface area contributed by atoms with Crippen molar-refractivity contribution in [2.75, 3.05) is 12.4 Å². The van der Waals surface area contributed by atoms with Gasteiger partial charge in [0.2, 0.25) is 5.91 Å². The summed E-state index contributed by atoms with van der Waals surface area (Å²) in [6, 6.07) is 3.78. The molecule has 0 spiro atoms. The van der Waals surface area contributed by atoms with Gasteiger partial charge in [0.25, 0.3) is 0 Å². The van der Waals surface area contributed by atoms with Gasteiger partial charge in [-0.25, -0.2) is 4.98 Å². The van der Waals surface area contributed by atoms with Crippen molar-refractivity contribution < 1.29 is 4.79 Å². The molecule has 3 N–H and O–H groups in total. The maximum Gasteiger partial charge on any atom is 0.217 e. The molecule has 0 unspecified atom stereocenters. The number of anilines is 1. The lowest BCUT2D eigenvalue weighted by Gasteiger charge is -2.01. The highest BCUT2D eigenvalue weighted by Crippen LogP contribution is 2.07. The number of hydrogen-bond acceptors (Lipinski definition) is 3. The molecule has 0 atom stereocenters. The molecule has 0 aliphatic carbocycles. The van der Waals surface area contributed by atoms with Crippen molar-refractivity contribution in [2.45, 2.75) is 12.8 Å². The van der Waals surface area contributed by atoms with E-state index in [4.69, 9.17) is 5.73 Å². The number of amides is 1. The van der Waals surface area contributed by atoms with E-state index in [0.717, 1.165) is 11.4 Å². The summed E-state index contributed by atoms with van der Waals surface area (Å²) in [6.45, 7) is 0. The van der Waals surface area contributed by atoms with Crippen molar-refractivity contribution in [2.24, 2.45) is 5.73 Å². The summed E-state index contributed by atoms with van der Waals surface area (Å²) in [5.41, 5.74) is 6.11. The SMILES string of the molecule is CNc1cc(CCC(N)=O)ccn1. The Kier molecular flexibility index (Phi) is 3.25. The maximum absolute atomic E-state index is 10.5. The second-order valence-electron chi connectivity index (χ2n) is 2.77. The number of nitrogens with one attached hydrogen (secondary N) is 1. The topological polar surface area (TPSA) is 68.0 Å². The molecule has 70 valence electrons. The lowest BCUT2D eigenvalue weighted by molar-refractivity contribution is -0.117. The van der Waals surface area contributed by atoms with Crippen LogP contribution in [0.3, 0.4) is 0 Å². The fraction of sp³-hybridized carbons (Fsp3) is 0.333. The Morgan fingerprint density at radius 3 is 3.08 bits per heavy atom. The van der Waals surface area contributed by atoms with Crippen LogP contribution in [0.2, 0.25) is 0 Å². The van der Waals surface area contributed by atoms with E-state index in [9.17, 15) is 4.79 Å². The Morgan fingerprint density at radius 2 is 2.46 bits per heavy atom. The third-order valence-electron chi connectivity index (χ3n) is 1.74. The van der Waals surface area contributed by atoms with Gasteiger partial charge in [-0.2, -0.15) is 0 Å². The molecular weight excluding hydrogens is 166 g/mol. The van der Waals surface area contributed by atoms with E-state index in [1.165, 1.54) is 0 Å². The highest BCUT2D eigenvalue weighted by Gasteiger charge is 1.98. The lowest BCUT2D eigenvalue weighted by atomic mass is 10.1. The predicted octanol–water partition coefficient (Wildman–Crippen LogP) is 0.541. The normalized spacial score (nSPS) is 9.62. The van der Waals surface area contributed by atoms with Crippen molar-refractivity contribution in [3.8, 4) is 0 Å². The maximum atomic E-state index is 10.5. The molecule has 0 aliphatic rings. The summed E-state index contributed by atoms with van der Waals surface area (Å²) in [5, 5.41) is 2.93. The molecule has 0 aliphatic heterocycles. The van der Waals surface area contributed by atoms with Crippen molar-refractivity contribution in [1.29, 1.82) is 0 Å². The molecule has 0 saturated carbocycles. The van der Waals surface area contributed by atoms with Gasteiger partial charge in [-0.15, -0.1) is 0 Å². The third kappa shape index (κ3) is 3.11. The van der Waals surface area contributed by atoms with Gasteiger partial charge in [0.15, 0.2) is 0 Å². The zero-order valence-corrected chi connectivity index (χ0v) is 7.58. The molecular formula is C9H13N3O. The Morgan fingerprint density at radius 1 is 1.69 bits per heavy atom. The number of nitrogens with two attached hydrogens (primary N) is 1. The van der Waals surface area contributed by atoms with Crippen LogP contribution in [0.15, 0.2) is 18.3 Å². The average molecular weight is 179 g/mol. The van der Waals surface area contributed by atoms with Gasteiger partial charge in [-0.3, -0.25) is 4.79 Å². The molecule has 4 heteroatoms. The van der Waals surface area contributed by atoms with E-state index in [-0.39, 0.29) is 5.91 Å². The van der Waals surface area contributed by atoms with E-state index >= 15 is 0 Å². The van der Waals surface area contributed by atoms with Crippen molar-refractivity contribution in [1.82, 2.24) is 4.98 Å². The number of nitrogens with zero attached hydrogens (tertiary/aromatic N) is 1. The molecule has 4 nitrogen and oxygen atoms in total. The summed E-state index contributed by atoms with van der Waals surface area (Å²) >= 11 is 0. The standard InChI is InChI=1S/C9H13N3O/c1-11-9-6-7(4-5-12-9)2-3-8(10)13/h4-6H,2-3H2,1H3,(H2,10,13)(H,11,12). The Bertz CT molecular complexity index is 299. The highest BCUT2D eigenvalue weighted by molar-refractivity contribution is 5.74. The molecule has 1 rings (SSSR count). The fourth-order valence-corrected chi connectivity index (χ4v) is 1.03. The smallest absolute Gasteiger partial charge is 0.217 e. The first-order valence-electron chi connectivity index (χ1n) is 4.13. The summed E-state index contributed by atoms with van der Waals surface area (Å²) in [7, 11) is 1.81. The summed E-state index contributed by atoms with van der Waals surface area (Å²) < 4.78 is 0. The van der Waals surface area contributed by atoms with Crippen LogP contribution in [-0.2, 0) is 11.2 Å². The minimum atomic E-state index is -0.275. The number of pyridine rings is 1. The quantitative estimate of drug-likeness (QED) is 0.708. The second-order valence-corrected chi connectivity index (χ2v) is 2.77. The minimum absolute atomic E-state index is 0.275. The number of carbonyl (C=O) groups excluding carboxylic acids is 1. The number of aromatic nitrogens is 1. The van der Waals surface area contributed by atoms with Crippen LogP contribution in [0.25, 0.3) is 0 Å². The van der Waals surface area contributed by atoms with Gasteiger partial charge in [0, 0.05) is 19.7 Å². The Hall–Kier alpha value is -1.58. The van der Waals surface area contributed by atoms with E-state index in [0.29, 0.717) is 12.8 Å². The van der Waals surface area contributed by atoms with E-state index < -0.39 is 0 Å². The second kappa shape index (κ2) is 4.45. The summed E-state index contributed by atoms with van der Waals surface area (Å²) in [4.78, 5) is 14.6. The Balaban J connectivity index is 2.61. The number of aryl methyl sites for hydroxylation is 1. The molecule has 0 bridgehead atoms. The third-order valence-corrected chi connectivity index (χ3v) is 1.74. The van der Waals surface area contributed by atoms with Crippen LogP contribution in [0, 0.1) is 0 Å². The van der Waals surface area contributed by atoms with Crippen LogP contribution in [-0.4, -0.2) is 17.9 Å². The van der Waals surface area contributed by atoms with Crippen LogP contribution in [0.4, 0.5) is 5.82 Å². The van der Waals surface area contributed by atoms with E-state index in [1.54, 1.807) is 13.2 Å². The highest BCUT2D eigenvalue weighted by atomic mass is 16.1. The molecule has 1 heterocycles. The molecule has 1 aromatic heterocycles. The van der Waals surface area contributed by atoms with E-state index in [1.807, 2.05) is 12.1 Å². The van der Waals surface area contributed by atoms with Gasteiger partial charge < -0.3 is 11.1 Å². The van der Waals surface area contributed by atoms with Crippen LogP contribution >= 0.6 is 0 Å². The average Bonchev–Trinajstić information content (AvgIpc) is 2.15. The molecule has 0 fully saturated rings. The summed E-state index contributed by atoms with van der Waals surface area (Å²) in [5.74, 6) is 0.532. The van der Waals surface area contributed by atoms with Crippen molar-refractivity contribution >= 4 is 11.7 Å². The molecule has 0 aromatic carbocycles. The first-order valence-corrected chi connectivity index (χ1v) is 4.13. The van der Waals surface area contributed by atoms with Crippen molar-refractivity contribution in [3.63, 3.8) is 0 Å². The Labute approximate surface area is 77.2 Å². The zero-order chi connectivity index (χ0) is 9.68. The van der Waals surface area contributed by atoms with Crippen LogP contribution in [0.5, 0.6) is 0 Å². The first-order chi connectivity index (χ1) is 6.22. The van der Waals surface area contributed by atoms with Gasteiger partial charge in [-0.05, 0) is 24.1 Å². The largest absolute Gasteiger partial charge is 0.373 e. The molecule has 13 heavy (non-hydrogen) atoms. The molecule has 0 saturated heterocycles. The van der Waals surface area contributed by atoms with Crippen LogP contribution in [0.1, 0.15) is 12.0 Å². The number of carbonyl (C=O) groups is 1. The predicted molar refractivity (Wildman–Crippen MR) is 51.3 cm³/mol.